The summed E-state index contributed by atoms with van der Waals surface area (Å²) in [6, 6.07) is -3.44. The van der Waals surface area contributed by atoms with E-state index in [1.807, 2.05) is 0 Å². The molecule has 3 aliphatic heterocycles. The first-order valence-electron chi connectivity index (χ1n) is 37.1. The maximum absolute atomic E-state index is 14.1. The molecule has 0 spiro atoms. The number of carbonyl (C=O) groups is 20. The third kappa shape index (κ3) is 39.5. The Morgan fingerprint density at radius 3 is 1.79 bits per heavy atom. The molecule has 1 aromatic carbocycles. The number of aliphatic imine (C=N–C) groups is 1. The fraction of sp³-hybridized carbons (Fsp3) is 0.603. The molecule has 5 unspecified atom stereocenters. The second kappa shape index (κ2) is 54.6. The Morgan fingerprint density at radius 1 is 0.597 bits per heavy atom. The number of nitrogens with two attached hydrogens (primary N) is 3. The molecule has 3 aliphatic rings. The van der Waals surface area contributed by atoms with E-state index >= 15 is 0 Å². The molecular formula is C68H103GdN21O25S4+3. The fourth-order valence-electron chi connectivity index (χ4n) is 12.1. The Kier molecular flexibility index (Phi) is 47.6. The Morgan fingerprint density at radius 2 is 1.17 bits per heavy atom. The first-order chi connectivity index (χ1) is 55.9. The van der Waals surface area contributed by atoms with Gasteiger partial charge in [-0.25, -0.2) is 9.69 Å². The van der Waals surface area contributed by atoms with Crippen LogP contribution in [-0.4, -0.2) is 345 Å². The summed E-state index contributed by atoms with van der Waals surface area (Å²) in [6.45, 7) is -5.28. The molecule has 10 atom stereocenters. The van der Waals surface area contributed by atoms with Gasteiger partial charge in [-0.2, -0.15) is 37.0 Å². The fourth-order valence-corrected chi connectivity index (χ4v) is 15.3. The zero-order valence-electron chi connectivity index (χ0n) is 64.7. The van der Waals surface area contributed by atoms with Gasteiger partial charge in [0.15, 0.2) is 5.96 Å². The van der Waals surface area contributed by atoms with Crippen molar-refractivity contribution in [2.24, 2.45) is 22.2 Å². The van der Waals surface area contributed by atoms with E-state index in [0.717, 1.165) is 45.6 Å². The summed E-state index contributed by atoms with van der Waals surface area (Å²) in [5.41, 5.74) is 16.1. The van der Waals surface area contributed by atoms with Crippen LogP contribution in [0.1, 0.15) is 87.9 Å². The average Bonchev–Trinajstić information content (AvgIpc) is 1.66. The Hall–Kier alpha value is -9.51. The molecule has 51 heteroatoms. The van der Waals surface area contributed by atoms with Crippen molar-refractivity contribution in [3.63, 3.8) is 0 Å². The second-order valence-electron chi connectivity index (χ2n) is 27.1. The number of hydrogen-bond donors (Lipinski definition) is 23. The molecule has 119 heavy (non-hydrogen) atoms. The molecule has 3 fully saturated rings. The number of carbonyl (C=O) groups excluding carboxylic acids is 15. The van der Waals surface area contributed by atoms with E-state index in [9.17, 15) is 121 Å². The van der Waals surface area contributed by atoms with Crippen LogP contribution in [0.15, 0.2) is 29.3 Å². The summed E-state index contributed by atoms with van der Waals surface area (Å²) in [4.78, 5) is 263. The number of imide groups is 1. The SMILES string of the molecule is CC(=O)N[C@@H](CS)C(=O)N[C@@H](CC(N)=O)C(=O)NCC(=O)N[C@@H](CCCN=C(N)N)C(=O)N[C@@H](CS)C(=O)NCC(=O)NCC(=O)N[C@@H](CSC1CC(=O)N(c2cccc(C(=O)NCCCCC(C(=O)O)N(CCN(CCN(CC(=O)O)CC(=O)O)CC(=O)O)CC(=O)O)c2)C1=O)C(=O)NCCNC(=O)CCCCC1SCC2NC(=O)NC21.[Gd+3]. The monoisotopic (exact) mass is 1900 g/mol. The number of benzene rings is 1. The van der Waals surface area contributed by atoms with E-state index in [4.69, 9.17) is 17.2 Å². The molecule has 46 nitrogen and oxygen atoms in total. The van der Waals surface area contributed by atoms with E-state index < -0.39 is 207 Å². The number of anilines is 1. The summed E-state index contributed by atoms with van der Waals surface area (Å²) in [5.74, 6) is -19.1. The molecule has 16 amide bonds. The van der Waals surface area contributed by atoms with Crippen molar-refractivity contribution >= 4 is 179 Å². The van der Waals surface area contributed by atoms with Crippen LogP contribution in [0.3, 0.4) is 0 Å². The Bertz CT molecular complexity index is 3800. The number of aliphatic carboxylic acids is 5. The van der Waals surface area contributed by atoms with Crippen molar-refractivity contribution in [2.45, 2.75) is 136 Å². The van der Waals surface area contributed by atoms with Gasteiger partial charge in [0.1, 0.15) is 36.3 Å². The van der Waals surface area contributed by atoms with Crippen molar-refractivity contribution in [3.8, 4) is 0 Å². The van der Waals surface area contributed by atoms with Gasteiger partial charge in [0, 0.05) is 106 Å². The molecule has 1 radical (unpaired) electrons. The van der Waals surface area contributed by atoms with Gasteiger partial charge in [0.2, 0.25) is 76.8 Å². The number of primary amides is 1. The Labute approximate surface area is 733 Å². The third-order valence-electron chi connectivity index (χ3n) is 17.8. The van der Waals surface area contributed by atoms with Gasteiger partial charge in [-0.3, -0.25) is 111 Å². The van der Waals surface area contributed by atoms with Crippen LogP contribution < -0.4 is 91.2 Å². The zero-order valence-corrected chi connectivity index (χ0v) is 70.4. The van der Waals surface area contributed by atoms with Crippen LogP contribution in [0.4, 0.5) is 10.5 Å². The maximum Gasteiger partial charge on any atom is 3.00 e. The molecule has 0 aliphatic carbocycles. The number of fused-ring (bicyclic) bond motifs is 1. The van der Waals surface area contributed by atoms with Crippen molar-refractivity contribution < 1.29 is 161 Å². The predicted molar refractivity (Wildman–Crippen MR) is 428 cm³/mol. The molecule has 1 aromatic rings. The normalized spacial score (nSPS) is 16.7. The summed E-state index contributed by atoms with van der Waals surface area (Å²) in [6.07, 6.45) is 1.03. The number of rotatable bonds is 58. The van der Waals surface area contributed by atoms with E-state index in [0.29, 0.717) is 12.8 Å². The van der Waals surface area contributed by atoms with Gasteiger partial charge in [-0.05, 0) is 63.1 Å². The molecule has 659 valence electrons. The van der Waals surface area contributed by atoms with Crippen LogP contribution >= 0.6 is 48.8 Å². The van der Waals surface area contributed by atoms with Crippen molar-refractivity contribution in [1.29, 1.82) is 0 Å². The molecule has 24 N–H and O–H groups in total. The quantitative estimate of drug-likeness (QED) is 0.00719. The summed E-state index contributed by atoms with van der Waals surface area (Å²) in [7, 11) is 0. The van der Waals surface area contributed by atoms with E-state index in [1.165, 1.54) is 29.2 Å². The summed E-state index contributed by atoms with van der Waals surface area (Å²) < 4.78 is 0. The first kappa shape index (κ1) is 104. The third-order valence-corrected chi connectivity index (χ3v) is 21.3. The minimum atomic E-state index is -1.62. The summed E-state index contributed by atoms with van der Waals surface area (Å²) in [5, 5.41) is 79.3. The van der Waals surface area contributed by atoms with Crippen LogP contribution in [0.5, 0.6) is 0 Å². The molecule has 0 bridgehead atoms. The van der Waals surface area contributed by atoms with Crippen molar-refractivity contribution in [1.82, 2.24) is 83.8 Å². The van der Waals surface area contributed by atoms with Gasteiger partial charge in [0.05, 0.1) is 75.3 Å². The number of urea groups is 1. The Balaban J connectivity index is 0.0000366. The van der Waals surface area contributed by atoms with Crippen LogP contribution in [0.25, 0.3) is 0 Å². The number of carboxylic acids is 5. The topological polar surface area (TPSA) is 702 Å². The van der Waals surface area contributed by atoms with Crippen LogP contribution in [0, 0.1) is 39.9 Å². The standard InChI is InChI=1S/C68H103N21O25S4.Gd/c1-36(90)79-42(33-116)64(110)82-40(23-48(69)91)60(106)78-27-52(95)80-39(10-7-15-75-67(70)71)63(109)83-41(32-115)61(107)77-25-50(93)76-26-51(94)81-44(62(108)74-17-16-72-49(92)13-3-2-12-46-58-43(34-117-46)84-68(114)85-58)35-118-47-24-53(96)89(65(47)111)38-9-6-8-37(22-38)59(105)73-14-5-4-11-45(66(112)113)88(31-57(103)104)21-20-86(28-54(97)98)18-19-87(29-55(99)100)30-56(101)102;/h6,8-9,22,39-47,58,115-116H,2-5,7,10-21,23-35H2,1H3,(H2,69,91)(H,72,92)(H,73,105)(H,74,108)(H,76,93)(H,77,107)(H,78,106)(H,79,90)(H,80,95)(H,81,94)(H,82,110)(H,83,109)(H,97,98)(H,99,100)(H,101,102)(H,103,104)(H,112,113)(H4,70,71,75)(H2,84,85,114);/q;+3/t39-,40-,41-,42-,43?,44-,45?,46?,47?,58?;/m0./s1. The van der Waals surface area contributed by atoms with Gasteiger partial charge in [0.25, 0.3) is 5.91 Å². The number of thioether (sulfide) groups is 2. The number of thiol groups is 2. The zero-order chi connectivity index (χ0) is 87.7. The number of nitrogens with zero attached hydrogens (tertiary/aromatic N) is 5. The van der Waals surface area contributed by atoms with Gasteiger partial charge in [-0.1, -0.05) is 12.5 Å². The smallest absolute Gasteiger partial charge is 0.480 e. The van der Waals surface area contributed by atoms with Gasteiger partial charge >= 0.3 is 75.8 Å². The minimum absolute atomic E-state index is 0. The second-order valence-corrected chi connectivity index (χ2v) is 30.3. The molecule has 4 rings (SSSR count). The average molecular weight is 1900 g/mol. The minimum Gasteiger partial charge on any atom is -0.480 e. The number of amides is 16. The van der Waals surface area contributed by atoms with Crippen molar-refractivity contribution in [2.75, 3.05) is 126 Å². The van der Waals surface area contributed by atoms with Gasteiger partial charge in [-0.15, -0.1) is 11.8 Å². The molecule has 0 aromatic heterocycles. The number of guanidine groups is 1. The largest absolute Gasteiger partial charge is 3.00 e. The molecular weight excluding hydrogens is 1800 g/mol. The number of carboxylic acid groups (broad SMARTS) is 5. The molecule has 3 heterocycles. The summed E-state index contributed by atoms with van der Waals surface area (Å²) >= 11 is 10.7. The van der Waals surface area contributed by atoms with E-state index in [-0.39, 0.29) is 195 Å². The van der Waals surface area contributed by atoms with E-state index in [1.54, 1.807) is 11.8 Å². The number of hydrogen-bond acceptors (Lipinski definition) is 28. The number of nitrogens with one attached hydrogen (secondary N) is 13. The first-order valence-corrected chi connectivity index (χ1v) is 40.5. The predicted octanol–water partition coefficient (Wildman–Crippen LogP) is -8.81. The van der Waals surface area contributed by atoms with Crippen LogP contribution in [-0.2, 0) is 86.3 Å². The van der Waals surface area contributed by atoms with Gasteiger partial charge < -0.3 is 112 Å². The molecule has 0 saturated carbocycles. The van der Waals surface area contributed by atoms with Crippen molar-refractivity contribution in [3.05, 3.63) is 29.8 Å². The maximum atomic E-state index is 14.1. The molecule has 3 saturated heterocycles. The number of unbranched alkanes of at least 4 members (excludes halogenated alkanes) is 2. The van der Waals surface area contributed by atoms with Crippen LogP contribution in [0.2, 0.25) is 0 Å². The van der Waals surface area contributed by atoms with E-state index in [2.05, 4.69) is 99.4 Å².